The van der Waals surface area contributed by atoms with Crippen molar-refractivity contribution in [1.82, 2.24) is 4.90 Å². The molecule has 1 amide bonds. The lowest BCUT2D eigenvalue weighted by Crippen LogP contribution is -2.44. The predicted molar refractivity (Wildman–Crippen MR) is 75.0 cm³/mol. The molecule has 1 saturated heterocycles. The largest absolute Gasteiger partial charge is 0.409 e. The molecule has 1 rings (SSSR count). The Morgan fingerprint density at radius 1 is 1.56 bits per heavy atom. The first-order valence-electron chi connectivity index (χ1n) is 6.44. The SMILES string of the molecule is CC(C)N(CCC(N)=NO)C(=O)C1CCCCS1. The summed E-state index contributed by atoms with van der Waals surface area (Å²) in [7, 11) is 0. The maximum Gasteiger partial charge on any atom is 0.235 e. The van der Waals surface area contributed by atoms with Gasteiger partial charge in [0.05, 0.1) is 5.25 Å². The topological polar surface area (TPSA) is 78.9 Å². The highest BCUT2D eigenvalue weighted by molar-refractivity contribution is 8.00. The van der Waals surface area contributed by atoms with Crippen LogP contribution in [-0.4, -0.2) is 45.4 Å². The van der Waals surface area contributed by atoms with Gasteiger partial charge in [-0.05, 0) is 32.4 Å². The average molecular weight is 273 g/mol. The summed E-state index contributed by atoms with van der Waals surface area (Å²) in [6, 6.07) is 0.145. The number of rotatable bonds is 5. The van der Waals surface area contributed by atoms with Gasteiger partial charge in [0.15, 0.2) is 0 Å². The maximum atomic E-state index is 12.4. The molecule has 0 saturated carbocycles. The highest BCUT2D eigenvalue weighted by atomic mass is 32.2. The number of carbonyl (C=O) groups excluding carboxylic acids is 1. The molecule has 1 aliphatic rings. The quantitative estimate of drug-likeness (QED) is 0.345. The third kappa shape index (κ3) is 4.40. The number of thioether (sulfide) groups is 1. The fourth-order valence-electron chi connectivity index (χ4n) is 2.03. The molecule has 1 unspecified atom stereocenters. The van der Waals surface area contributed by atoms with Crippen LogP contribution in [0, 0.1) is 0 Å². The van der Waals surface area contributed by atoms with Gasteiger partial charge in [0.1, 0.15) is 5.84 Å². The fourth-order valence-corrected chi connectivity index (χ4v) is 3.29. The van der Waals surface area contributed by atoms with Gasteiger partial charge < -0.3 is 15.8 Å². The van der Waals surface area contributed by atoms with Gasteiger partial charge in [-0.3, -0.25) is 4.79 Å². The van der Waals surface area contributed by atoms with E-state index in [1.165, 1.54) is 6.42 Å². The van der Waals surface area contributed by atoms with Gasteiger partial charge in [0.25, 0.3) is 0 Å². The molecule has 6 heteroatoms. The number of amidine groups is 1. The van der Waals surface area contributed by atoms with Crippen molar-refractivity contribution < 1.29 is 10.0 Å². The molecule has 0 aliphatic carbocycles. The van der Waals surface area contributed by atoms with Crippen molar-refractivity contribution in [2.24, 2.45) is 10.9 Å². The minimum Gasteiger partial charge on any atom is -0.409 e. The fraction of sp³-hybridized carbons (Fsp3) is 0.833. The Hall–Kier alpha value is -0.910. The zero-order valence-corrected chi connectivity index (χ0v) is 11.9. The van der Waals surface area contributed by atoms with E-state index in [1.54, 1.807) is 11.8 Å². The average Bonchev–Trinajstić information content (AvgIpc) is 2.39. The van der Waals surface area contributed by atoms with E-state index in [1.807, 2.05) is 18.7 Å². The summed E-state index contributed by atoms with van der Waals surface area (Å²) in [4.78, 5) is 14.2. The van der Waals surface area contributed by atoms with Crippen LogP contribution in [0.4, 0.5) is 0 Å². The lowest BCUT2D eigenvalue weighted by atomic mass is 10.1. The van der Waals surface area contributed by atoms with Crippen molar-refractivity contribution in [1.29, 1.82) is 0 Å². The van der Waals surface area contributed by atoms with E-state index in [4.69, 9.17) is 10.9 Å². The smallest absolute Gasteiger partial charge is 0.235 e. The van der Waals surface area contributed by atoms with Gasteiger partial charge in [-0.15, -0.1) is 11.8 Å². The number of carbonyl (C=O) groups is 1. The number of nitrogens with two attached hydrogens (primary N) is 1. The highest BCUT2D eigenvalue weighted by Gasteiger charge is 2.27. The summed E-state index contributed by atoms with van der Waals surface area (Å²) in [5.74, 6) is 1.44. The minimum absolute atomic E-state index is 0.0911. The lowest BCUT2D eigenvalue weighted by molar-refractivity contribution is -0.132. The Morgan fingerprint density at radius 3 is 2.78 bits per heavy atom. The van der Waals surface area contributed by atoms with E-state index in [-0.39, 0.29) is 23.0 Å². The first-order valence-corrected chi connectivity index (χ1v) is 7.49. The standard InChI is InChI=1S/C12H23N3O2S/c1-9(2)15(7-6-11(13)14-17)12(16)10-5-3-4-8-18-10/h9-10,17H,3-8H2,1-2H3,(H2,13,14). The van der Waals surface area contributed by atoms with Gasteiger partial charge in [0, 0.05) is 19.0 Å². The van der Waals surface area contributed by atoms with Crippen molar-refractivity contribution in [3.63, 3.8) is 0 Å². The van der Waals surface area contributed by atoms with E-state index in [9.17, 15) is 4.79 Å². The number of oxime groups is 1. The van der Waals surface area contributed by atoms with E-state index < -0.39 is 0 Å². The Bertz CT molecular complexity index is 302. The molecule has 3 N–H and O–H groups in total. The molecule has 0 bridgehead atoms. The summed E-state index contributed by atoms with van der Waals surface area (Å²) < 4.78 is 0. The van der Waals surface area contributed by atoms with Crippen LogP contribution >= 0.6 is 11.8 Å². The molecular formula is C12H23N3O2S. The van der Waals surface area contributed by atoms with Crippen LogP contribution in [-0.2, 0) is 4.79 Å². The minimum atomic E-state index is 0.0911. The molecule has 0 aromatic heterocycles. The molecule has 0 aromatic carbocycles. The molecule has 1 atom stereocenters. The zero-order chi connectivity index (χ0) is 13.5. The van der Waals surface area contributed by atoms with Crippen LogP contribution in [0.15, 0.2) is 5.16 Å². The number of amides is 1. The second-order valence-electron chi connectivity index (χ2n) is 4.82. The van der Waals surface area contributed by atoms with E-state index in [2.05, 4.69) is 5.16 Å². The second kappa shape index (κ2) is 7.51. The Labute approximate surface area is 113 Å². The molecule has 1 fully saturated rings. The van der Waals surface area contributed by atoms with E-state index >= 15 is 0 Å². The van der Waals surface area contributed by atoms with Crippen molar-refractivity contribution in [3.8, 4) is 0 Å². The molecule has 0 spiro atoms. The van der Waals surface area contributed by atoms with Crippen LogP contribution in [0.2, 0.25) is 0 Å². The second-order valence-corrected chi connectivity index (χ2v) is 6.13. The van der Waals surface area contributed by atoms with E-state index in [0.717, 1.165) is 18.6 Å². The summed E-state index contributed by atoms with van der Waals surface area (Å²) in [5.41, 5.74) is 5.46. The van der Waals surface area contributed by atoms with Crippen molar-refractivity contribution in [2.45, 2.75) is 50.8 Å². The number of hydrogen-bond donors (Lipinski definition) is 2. The van der Waals surface area contributed by atoms with Gasteiger partial charge >= 0.3 is 0 Å². The van der Waals surface area contributed by atoms with Crippen LogP contribution in [0.25, 0.3) is 0 Å². The summed E-state index contributed by atoms with van der Waals surface area (Å²) in [6.45, 7) is 4.51. The third-order valence-electron chi connectivity index (χ3n) is 3.10. The first-order chi connectivity index (χ1) is 8.56. The Balaban J connectivity index is 2.57. The summed E-state index contributed by atoms with van der Waals surface area (Å²) >= 11 is 1.75. The van der Waals surface area contributed by atoms with Gasteiger partial charge in [0.2, 0.25) is 5.91 Å². The molecule has 1 aliphatic heterocycles. The van der Waals surface area contributed by atoms with Gasteiger partial charge in [-0.25, -0.2) is 0 Å². The van der Waals surface area contributed by atoms with Crippen LogP contribution in [0.1, 0.15) is 39.5 Å². The molecule has 5 nitrogen and oxygen atoms in total. The van der Waals surface area contributed by atoms with E-state index in [0.29, 0.717) is 13.0 Å². The van der Waals surface area contributed by atoms with Gasteiger partial charge in [-0.2, -0.15) is 0 Å². The van der Waals surface area contributed by atoms with Gasteiger partial charge in [-0.1, -0.05) is 11.6 Å². The predicted octanol–water partition coefficient (Wildman–Crippen LogP) is 1.65. The molecular weight excluding hydrogens is 250 g/mol. The molecule has 1 heterocycles. The van der Waals surface area contributed by atoms with Crippen molar-refractivity contribution in [3.05, 3.63) is 0 Å². The lowest BCUT2D eigenvalue weighted by Gasteiger charge is -2.31. The normalized spacial score (nSPS) is 21.1. The van der Waals surface area contributed by atoms with Crippen LogP contribution in [0.3, 0.4) is 0 Å². The molecule has 18 heavy (non-hydrogen) atoms. The summed E-state index contributed by atoms with van der Waals surface area (Å²) in [5, 5.41) is 11.6. The first kappa shape index (κ1) is 15.1. The molecule has 0 aromatic rings. The number of hydrogen-bond acceptors (Lipinski definition) is 4. The van der Waals surface area contributed by atoms with Crippen molar-refractivity contribution in [2.75, 3.05) is 12.3 Å². The van der Waals surface area contributed by atoms with Crippen LogP contribution in [0.5, 0.6) is 0 Å². The number of nitrogens with zero attached hydrogens (tertiary/aromatic N) is 2. The Morgan fingerprint density at radius 2 is 2.28 bits per heavy atom. The third-order valence-corrected chi connectivity index (χ3v) is 4.46. The summed E-state index contributed by atoms with van der Waals surface area (Å²) in [6.07, 6.45) is 3.73. The highest BCUT2D eigenvalue weighted by Crippen LogP contribution is 2.27. The Kier molecular flexibility index (Phi) is 6.32. The molecule has 104 valence electrons. The monoisotopic (exact) mass is 273 g/mol. The van der Waals surface area contributed by atoms with Crippen molar-refractivity contribution >= 4 is 23.5 Å². The molecule has 0 radical (unpaired) electrons. The maximum absolute atomic E-state index is 12.4. The zero-order valence-electron chi connectivity index (χ0n) is 11.1. The van der Waals surface area contributed by atoms with Crippen LogP contribution < -0.4 is 5.73 Å².